The van der Waals surface area contributed by atoms with Gasteiger partial charge in [0, 0.05) is 44.0 Å². The molecule has 2 aliphatic rings. The van der Waals surface area contributed by atoms with Crippen LogP contribution in [-0.4, -0.2) is 78.1 Å². The molecule has 42 heavy (non-hydrogen) atoms. The Bertz CT molecular complexity index is 1320. The number of carbonyl (C=O) groups is 2. The van der Waals surface area contributed by atoms with Crippen LogP contribution in [0.3, 0.4) is 0 Å². The topological polar surface area (TPSA) is 93.7 Å². The molecule has 1 amide bonds. The number of carboxylic acid groups (broad SMARTS) is 1. The molecule has 0 aliphatic carbocycles. The number of halogens is 3. The van der Waals surface area contributed by atoms with Crippen molar-refractivity contribution in [3.8, 4) is 23.0 Å². The maximum atomic E-state index is 15.6. The van der Waals surface area contributed by atoms with Crippen LogP contribution < -0.4 is 20.9 Å². The van der Waals surface area contributed by atoms with Crippen LogP contribution >= 0.6 is 21.0 Å². The van der Waals surface area contributed by atoms with Crippen LogP contribution in [0.2, 0.25) is 0 Å². The SMILES string of the molecule is CC(C)(F)C[C@@H]1NC(c2ccc(-c3ccc(N4CCNCC4)cc3)cc2)(C(F)(F)P)C#CCSC[C@@H](C(=O)O)NC1=O. The predicted molar refractivity (Wildman–Crippen MR) is 165 cm³/mol. The number of piperazine rings is 1. The van der Waals surface area contributed by atoms with Crippen molar-refractivity contribution in [2.24, 2.45) is 0 Å². The Morgan fingerprint density at radius 2 is 1.69 bits per heavy atom. The second-order valence-electron chi connectivity index (χ2n) is 11.1. The summed E-state index contributed by atoms with van der Waals surface area (Å²) in [6.45, 7) is 6.14. The van der Waals surface area contributed by atoms with Crippen molar-refractivity contribution in [1.82, 2.24) is 16.0 Å². The molecule has 0 bridgehead atoms. The third-order valence-corrected chi connectivity index (χ3v) is 8.60. The van der Waals surface area contributed by atoms with E-state index in [4.69, 9.17) is 0 Å². The molecule has 4 N–H and O–H groups in total. The van der Waals surface area contributed by atoms with Crippen molar-refractivity contribution in [2.75, 3.05) is 42.6 Å². The fraction of sp³-hybridized carbons (Fsp3) is 0.467. The first-order chi connectivity index (χ1) is 19.8. The van der Waals surface area contributed by atoms with Gasteiger partial charge in [-0.1, -0.05) is 57.5 Å². The molecule has 0 saturated carbocycles. The van der Waals surface area contributed by atoms with Gasteiger partial charge in [0.05, 0.1) is 11.8 Å². The lowest BCUT2D eigenvalue weighted by Crippen LogP contribution is -2.61. The van der Waals surface area contributed by atoms with Crippen molar-refractivity contribution in [1.29, 1.82) is 0 Å². The lowest BCUT2D eigenvalue weighted by Gasteiger charge is -2.39. The van der Waals surface area contributed by atoms with E-state index in [0.717, 1.165) is 54.8 Å². The molecule has 2 aromatic carbocycles. The number of alkyl halides is 3. The summed E-state index contributed by atoms with van der Waals surface area (Å²) in [4.78, 5) is 27.2. The zero-order valence-electron chi connectivity index (χ0n) is 23.6. The minimum Gasteiger partial charge on any atom is -0.480 e. The Labute approximate surface area is 251 Å². The first-order valence-corrected chi connectivity index (χ1v) is 15.4. The highest BCUT2D eigenvalue weighted by atomic mass is 32.2. The molecule has 12 heteroatoms. The van der Waals surface area contributed by atoms with Gasteiger partial charge in [-0.05, 0) is 42.7 Å². The van der Waals surface area contributed by atoms with E-state index in [-0.39, 0.29) is 17.1 Å². The van der Waals surface area contributed by atoms with Crippen molar-refractivity contribution in [3.05, 3.63) is 54.1 Å². The largest absolute Gasteiger partial charge is 0.480 e. The van der Waals surface area contributed by atoms with Crippen LogP contribution in [0.25, 0.3) is 11.1 Å². The van der Waals surface area contributed by atoms with Crippen LogP contribution in [0.15, 0.2) is 48.5 Å². The Morgan fingerprint density at radius 3 is 2.24 bits per heavy atom. The summed E-state index contributed by atoms with van der Waals surface area (Å²) in [6, 6.07) is 11.7. The van der Waals surface area contributed by atoms with Gasteiger partial charge in [0.25, 0.3) is 5.66 Å². The second kappa shape index (κ2) is 13.3. The number of nitrogens with one attached hydrogen (secondary N) is 3. The van der Waals surface area contributed by atoms with Gasteiger partial charge < -0.3 is 20.6 Å². The molecule has 226 valence electrons. The highest BCUT2D eigenvalue weighted by molar-refractivity contribution is 7.99. The van der Waals surface area contributed by atoms with Crippen molar-refractivity contribution in [3.63, 3.8) is 0 Å². The van der Waals surface area contributed by atoms with Crippen molar-refractivity contribution < 1.29 is 27.9 Å². The summed E-state index contributed by atoms with van der Waals surface area (Å²) >= 11 is 1.10. The van der Waals surface area contributed by atoms with E-state index in [1.807, 2.05) is 24.3 Å². The van der Waals surface area contributed by atoms with E-state index < -0.39 is 47.3 Å². The van der Waals surface area contributed by atoms with Crippen LogP contribution in [0.4, 0.5) is 18.9 Å². The van der Waals surface area contributed by atoms with Crippen LogP contribution in [-0.2, 0) is 15.1 Å². The third-order valence-electron chi connectivity index (χ3n) is 7.25. The Kier molecular flexibility index (Phi) is 10.1. The summed E-state index contributed by atoms with van der Waals surface area (Å²) in [5, 5.41) is 17.9. The molecule has 0 radical (unpaired) electrons. The number of benzene rings is 2. The molecular formula is C30H36F3N4O3PS. The number of aliphatic carboxylic acids is 1. The van der Waals surface area contributed by atoms with E-state index in [9.17, 15) is 19.1 Å². The monoisotopic (exact) mass is 620 g/mol. The second-order valence-corrected chi connectivity index (χ2v) is 12.8. The van der Waals surface area contributed by atoms with Crippen molar-refractivity contribution >= 4 is 38.6 Å². The molecule has 2 aliphatic heterocycles. The number of amides is 1. The fourth-order valence-corrected chi connectivity index (χ4v) is 6.14. The van der Waals surface area contributed by atoms with Gasteiger partial charge in [0.1, 0.15) is 11.7 Å². The average molecular weight is 621 g/mol. The van der Waals surface area contributed by atoms with E-state index >= 15 is 8.78 Å². The quantitative estimate of drug-likeness (QED) is 0.276. The summed E-state index contributed by atoms with van der Waals surface area (Å²) in [6.07, 6.45) is -0.486. The molecule has 7 nitrogen and oxygen atoms in total. The van der Waals surface area contributed by atoms with Crippen LogP contribution in [0, 0.1) is 11.8 Å². The van der Waals surface area contributed by atoms with Gasteiger partial charge in [-0.15, -0.1) is 11.8 Å². The maximum Gasteiger partial charge on any atom is 0.327 e. The molecule has 2 heterocycles. The summed E-state index contributed by atoms with van der Waals surface area (Å²) in [7, 11) is 1.50. The number of carboxylic acids is 1. The lowest BCUT2D eigenvalue weighted by atomic mass is 9.86. The van der Waals surface area contributed by atoms with Gasteiger partial charge in [-0.3, -0.25) is 10.1 Å². The normalized spacial score (nSPS) is 24.1. The maximum absolute atomic E-state index is 15.6. The molecule has 1 saturated heterocycles. The van der Waals surface area contributed by atoms with Gasteiger partial charge >= 0.3 is 5.97 Å². The van der Waals surface area contributed by atoms with E-state index in [2.05, 4.69) is 32.7 Å². The fourth-order valence-electron chi connectivity index (χ4n) is 5.06. The minimum atomic E-state index is -3.60. The number of anilines is 1. The van der Waals surface area contributed by atoms with Crippen LogP contribution in [0.1, 0.15) is 25.8 Å². The summed E-state index contributed by atoms with van der Waals surface area (Å²) in [5.41, 5.74) is -5.02. The third kappa shape index (κ3) is 7.78. The van der Waals surface area contributed by atoms with Crippen molar-refractivity contribution in [2.45, 2.75) is 49.2 Å². The average Bonchev–Trinajstić information content (AvgIpc) is 2.97. The number of carbonyl (C=O) groups excluding carboxylic acids is 1. The Morgan fingerprint density at radius 1 is 1.10 bits per heavy atom. The molecule has 0 spiro atoms. The molecule has 0 aromatic heterocycles. The molecule has 4 rings (SSSR count). The standard InChI is InChI=1S/C30H36F3N4O3PS/c1-28(2,31)18-24-26(38)35-25(27(39)40)19-42-17-3-12-29(36-24,30(32,33)41)22-8-4-20(5-9-22)21-6-10-23(11-7-21)37-15-13-34-14-16-37/h4-11,24-25,34,36H,13-19,41H2,1-2H3,(H,35,38)(H,39,40)/t24-,25-,29?/m0/s1. The highest BCUT2D eigenvalue weighted by Crippen LogP contribution is 2.44. The predicted octanol–water partition coefficient (Wildman–Crippen LogP) is 3.84. The van der Waals surface area contributed by atoms with Gasteiger partial charge in [-0.25, -0.2) is 9.18 Å². The number of nitrogens with zero attached hydrogens (tertiary/aromatic N) is 1. The van der Waals surface area contributed by atoms with E-state index in [0.29, 0.717) is 0 Å². The zero-order valence-corrected chi connectivity index (χ0v) is 25.5. The van der Waals surface area contributed by atoms with Gasteiger partial charge in [0.15, 0.2) is 5.54 Å². The summed E-state index contributed by atoms with van der Waals surface area (Å²) < 4.78 is 46.1. The molecular weight excluding hydrogens is 584 g/mol. The van der Waals surface area contributed by atoms with E-state index in [1.165, 1.54) is 35.2 Å². The number of hydrogen-bond acceptors (Lipinski definition) is 6. The smallest absolute Gasteiger partial charge is 0.327 e. The molecule has 2 aromatic rings. The first kappa shape index (κ1) is 32.2. The van der Waals surface area contributed by atoms with Gasteiger partial charge in [0.2, 0.25) is 5.91 Å². The zero-order chi connectivity index (χ0) is 30.5. The van der Waals surface area contributed by atoms with E-state index in [1.54, 1.807) is 12.1 Å². The number of hydrogen-bond donors (Lipinski definition) is 4. The first-order valence-electron chi connectivity index (χ1n) is 13.7. The summed E-state index contributed by atoms with van der Waals surface area (Å²) in [5.74, 6) is 3.27. The molecule has 1 fully saturated rings. The van der Waals surface area contributed by atoms with Crippen LogP contribution in [0.5, 0.6) is 0 Å². The highest BCUT2D eigenvalue weighted by Gasteiger charge is 2.53. The number of thioether (sulfide) groups is 1. The minimum absolute atomic E-state index is 0.0199. The van der Waals surface area contributed by atoms with Gasteiger partial charge in [-0.2, -0.15) is 8.78 Å². The molecule has 4 atom stereocenters. The number of rotatable bonds is 7. The lowest BCUT2D eigenvalue weighted by molar-refractivity contribution is -0.141. The Hall–Kier alpha value is -2.77. The Balaban J connectivity index is 1.70. The molecule has 2 unspecified atom stereocenters.